The molecule has 1 aliphatic rings. The van der Waals surface area contributed by atoms with Crippen LogP contribution in [0.3, 0.4) is 0 Å². The van der Waals surface area contributed by atoms with Crippen molar-refractivity contribution in [2.75, 3.05) is 0 Å². The number of aliphatic hydroxyl groups is 2. The van der Waals surface area contributed by atoms with Crippen LogP contribution >= 0.6 is 0 Å². The normalized spacial score (nSPS) is 25.9. The van der Waals surface area contributed by atoms with Crippen LogP contribution in [0.25, 0.3) is 0 Å². The Morgan fingerprint density at radius 1 is 1.71 bits per heavy atom. The van der Waals surface area contributed by atoms with Crippen molar-refractivity contribution in [2.45, 2.75) is 19.1 Å². The van der Waals surface area contributed by atoms with Gasteiger partial charge in [-0.2, -0.15) is 0 Å². The molecule has 0 unspecified atom stereocenters. The van der Waals surface area contributed by atoms with Crippen LogP contribution in [0.1, 0.15) is 13.3 Å². The highest BCUT2D eigenvalue weighted by Gasteiger charge is 2.28. The summed E-state index contributed by atoms with van der Waals surface area (Å²) in [4.78, 5) is 0. The van der Waals surface area contributed by atoms with Crippen molar-refractivity contribution < 1.29 is 10.2 Å². The molecule has 0 aromatic heterocycles. The quantitative estimate of drug-likeness (QED) is 0.332. The van der Waals surface area contributed by atoms with E-state index in [1.807, 2.05) is 6.92 Å². The van der Waals surface area contributed by atoms with Gasteiger partial charge in [-0.05, 0) is 13.0 Å². The van der Waals surface area contributed by atoms with Crippen LogP contribution in [-0.2, 0) is 0 Å². The zero-order valence-electron chi connectivity index (χ0n) is 4.18. The number of rotatable bonds is 0. The molecule has 0 aliphatic heterocycles. The molecule has 2 heteroatoms. The van der Waals surface area contributed by atoms with Gasteiger partial charge in [0.15, 0.2) is 5.79 Å². The van der Waals surface area contributed by atoms with Gasteiger partial charge in [-0.3, -0.25) is 0 Å². The lowest BCUT2D eigenvalue weighted by Gasteiger charge is -2.26. The van der Waals surface area contributed by atoms with Crippen molar-refractivity contribution >= 4 is 0 Å². The summed E-state index contributed by atoms with van der Waals surface area (Å²) in [6, 6.07) is 0. The maximum Gasteiger partial charge on any atom is 0.186 e. The van der Waals surface area contributed by atoms with E-state index < -0.39 is 5.79 Å². The van der Waals surface area contributed by atoms with Crippen LogP contribution in [0.2, 0.25) is 0 Å². The molecule has 0 spiro atoms. The third-order valence-corrected chi connectivity index (χ3v) is 1.02. The van der Waals surface area contributed by atoms with E-state index in [-0.39, 0.29) is 0 Å². The molecular weight excluding hydrogens is 92.1 g/mol. The predicted octanol–water partition coefficient (Wildman–Crippen LogP) is 0.0173. The van der Waals surface area contributed by atoms with Crippen LogP contribution in [0, 0.1) is 0 Å². The topological polar surface area (TPSA) is 40.5 Å². The Kier molecular flexibility index (Phi) is 0.743. The summed E-state index contributed by atoms with van der Waals surface area (Å²) in [5.74, 6) is -1.47. The lowest BCUT2D eigenvalue weighted by atomic mass is 9.94. The average molecular weight is 100 g/mol. The van der Waals surface area contributed by atoms with E-state index in [0.717, 1.165) is 5.57 Å². The summed E-state index contributed by atoms with van der Waals surface area (Å²) in [6.07, 6.45) is 1.85. The van der Waals surface area contributed by atoms with Crippen molar-refractivity contribution in [1.29, 1.82) is 0 Å². The highest BCUT2D eigenvalue weighted by atomic mass is 16.5. The summed E-state index contributed by atoms with van der Waals surface area (Å²) in [6.45, 7) is 1.87. The second-order valence-electron chi connectivity index (χ2n) is 2.05. The van der Waals surface area contributed by atoms with Gasteiger partial charge in [-0.15, -0.1) is 0 Å². The molecular formula is C5H8O2. The molecule has 0 fully saturated rings. The zero-order chi connectivity index (χ0) is 5.49. The molecule has 0 aromatic rings. The van der Waals surface area contributed by atoms with Gasteiger partial charge in [0.25, 0.3) is 0 Å². The molecule has 0 saturated heterocycles. The van der Waals surface area contributed by atoms with Gasteiger partial charge in [0.05, 0.1) is 0 Å². The van der Waals surface area contributed by atoms with E-state index in [1.165, 1.54) is 6.08 Å². The van der Waals surface area contributed by atoms with E-state index >= 15 is 0 Å². The van der Waals surface area contributed by atoms with Gasteiger partial charge in [-0.1, -0.05) is 5.57 Å². The molecule has 1 aliphatic carbocycles. The predicted molar refractivity (Wildman–Crippen MR) is 25.5 cm³/mol. The lowest BCUT2D eigenvalue weighted by molar-refractivity contribution is -0.131. The van der Waals surface area contributed by atoms with Crippen molar-refractivity contribution in [3.05, 3.63) is 11.6 Å². The van der Waals surface area contributed by atoms with E-state index in [9.17, 15) is 0 Å². The Balaban J connectivity index is 2.60. The first-order chi connectivity index (χ1) is 3.10. The summed E-state index contributed by atoms with van der Waals surface area (Å²) in [5.41, 5.74) is 1.05. The standard InChI is InChI=1S/C5H8O2/c1-4-2-5(6,7)3-4/h2,6-7H,3H2,1H3. The summed E-state index contributed by atoms with van der Waals surface area (Å²) >= 11 is 0. The molecule has 0 bridgehead atoms. The first-order valence-corrected chi connectivity index (χ1v) is 2.23. The maximum atomic E-state index is 8.56. The number of hydrogen-bond acceptors (Lipinski definition) is 2. The van der Waals surface area contributed by atoms with Gasteiger partial charge in [0.2, 0.25) is 0 Å². The largest absolute Gasteiger partial charge is 0.362 e. The van der Waals surface area contributed by atoms with E-state index in [2.05, 4.69) is 0 Å². The molecule has 0 saturated carbocycles. The number of hydrogen-bond donors (Lipinski definition) is 2. The van der Waals surface area contributed by atoms with Crippen molar-refractivity contribution in [2.24, 2.45) is 0 Å². The van der Waals surface area contributed by atoms with Crippen molar-refractivity contribution in [1.82, 2.24) is 0 Å². The zero-order valence-corrected chi connectivity index (χ0v) is 4.18. The summed E-state index contributed by atoms with van der Waals surface area (Å²) in [5, 5.41) is 17.1. The molecule has 0 heterocycles. The Hall–Kier alpha value is -0.340. The van der Waals surface area contributed by atoms with E-state index in [4.69, 9.17) is 10.2 Å². The molecule has 2 N–H and O–H groups in total. The fourth-order valence-electron chi connectivity index (χ4n) is 0.776. The Bertz CT molecular complexity index is 113. The molecule has 0 amide bonds. The fourth-order valence-corrected chi connectivity index (χ4v) is 0.776. The molecule has 0 radical (unpaired) electrons. The Labute approximate surface area is 42.1 Å². The van der Waals surface area contributed by atoms with Crippen LogP contribution in [-0.4, -0.2) is 16.0 Å². The van der Waals surface area contributed by atoms with Crippen LogP contribution in [0.5, 0.6) is 0 Å². The van der Waals surface area contributed by atoms with Crippen molar-refractivity contribution in [3.63, 3.8) is 0 Å². The van der Waals surface area contributed by atoms with Gasteiger partial charge in [-0.25, -0.2) is 0 Å². The molecule has 7 heavy (non-hydrogen) atoms. The lowest BCUT2D eigenvalue weighted by Crippen LogP contribution is -2.32. The van der Waals surface area contributed by atoms with Gasteiger partial charge in [0, 0.05) is 6.42 Å². The summed E-state index contributed by atoms with van der Waals surface area (Å²) in [7, 11) is 0. The highest BCUT2D eigenvalue weighted by Crippen LogP contribution is 2.26. The first-order valence-electron chi connectivity index (χ1n) is 2.23. The molecule has 0 aromatic carbocycles. The van der Waals surface area contributed by atoms with Crippen LogP contribution < -0.4 is 0 Å². The SMILES string of the molecule is CC1=CC(O)(O)C1. The third kappa shape index (κ3) is 0.813. The molecule has 40 valence electrons. The first kappa shape index (κ1) is 4.81. The molecule has 2 nitrogen and oxygen atoms in total. The second-order valence-corrected chi connectivity index (χ2v) is 2.05. The van der Waals surface area contributed by atoms with Gasteiger partial charge >= 0.3 is 0 Å². The van der Waals surface area contributed by atoms with E-state index in [0.29, 0.717) is 6.42 Å². The third-order valence-electron chi connectivity index (χ3n) is 1.02. The van der Waals surface area contributed by atoms with Crippen LogP contribution in [0.15, 0.2) is 11.6 Å². The van der Waals surface area contributed by atoms with Gasteiger partial charge in [0.1, 0.15) is 0 Å². The smallest absolute Gasteiger partial charge is 0.186 e. The Morgan fingerprint density at radius 3 is 2.14 bits per heavy atom. The highest BCUT2D eigenvalue weighted by molar-refractivity contribution is 5.18. The van der Waals surface area contributed by atoms with Crippen LogP contribution in [0.4, 0.5) is 0 Å². The summed E-state index contributed by atoms with van der Waals surface area (Å²) < 4.78 is 0. The molecule has 0 atom stereocenters. The second kappa shape index (κ2) is 1.08. The maximum absolute atomic E-state index is 8.56. The monoisotopic (exact) mass is 100 g/mol. The van der Waals surface area contributed by atoms with E-state index in [1.54, 1.807) is 0 Å². The average Bonchev–Trinajstić information content (AvgIpc) is 1.27. The fraction of sp³-hybridized carbons (Fsp3) is 0.600. The Morgan fingerprint density at radius 2 is 2.14 bits per heavy atom. The minimum absolute atomic E-state index is 0.410. The van der Waals surface area contributed by atoms with Crippen molar-refractivity contribution in [3.8, 4) is 0 Å². The molecule has 1 rings (SSSR count). The minimum Gasteiger partial charge on any atom is -0.362 e. The van der Waals surface area contributed by atoms with Gasteiger partial charge < -0.3 is 10.2 Å². The minimum atomic E-state index is -1.47.